The maximum atomic E-state index is 12.7. The van der Waals surface area contributed by atoms with Crippen LogP contribution in [0.1, 0.15) is 11.1 Å². The van der Waals surface area contributed by atoms with Crippen LogP contribution in [0.25, 0.3) is 17.2 Å². The number of benzene rings is 2. The molecule has 3 rings (SSSR count). The molecule has 26 heavy (non-hydrogen) atoms. The first-order chi connectivity index (χ1) is 12.5. The highest BCUT2D eigenvalue weighted by atomic mass is 32.1. The lowest BCUT2D eigenvalue weighted by molar-refractivity contribution is -0.128. The van der Waals surface area contributed by atoms with Crippen molar-refractivity contribution in [3.8, 4) is 11.1 Å². The van der Waals surface area contributed by atoms with Gasteiger partial charge >= 0.3 is 0 Å². The van der Waals surface area contributed by atoms with E-state index in [4.69, 9.17) is 12.2 Å². The van der Waals surface area contributed by atoms with Gasteiger partial charge < -0.3 is 0 Å². The maximum Gasteiger partial charge on any atom is 0.265 e. The highest BCUT2D eigenvalue weighted by Crippen LogP contribution is 2.27. The highest BCUT2D eigenvalue weighted by Gasteiger charge is 2.32. The summed E-state index contributed by atoms with van der Waals surface area (Å²) >= 11 is 5.08. The Hall–Kier alpha value is -3.05. The van der Waals surface area contributed by atoms with Crippen LogP contribution < -0.4 is 5.32 Å². The Morgan fingerprint density at radius 3 is 2.65 bits per heavy atom. The lowest BCUT2D eigenvalue weighted by atomic mass is 9.96. The van der Waals surface area contributed by atoms with Crippen LogP contribution in [0.15, 0.2) is 66.8 Å². The summed E-state index contributed by atoms with van der Waals surface area (Å²) in [6.45, 7) is 5.90. The molecule has 130 valence electrons. The Morgan fingerprint density at radius 2 is 1.92 bits per heavy atom. The standard InChI is InChI=1S/C21H18N2O2S/c1-3-11-23-20(25)18(19(24)22-21(23)26)13-16-8-4-5-10-17(16)15-9-6-7-14(2)12-15/h3-10,12-13H,1,11H2,2H3,(H,22,24,26). The third-order valence-electron chi connectivity index (χ3n) is 4.09. The van der Waals surface area contributed by atoms with E-state index < -0.39 is 11.8 Å². The average molecular weight is 362 g/mol. The van der Waals surface area contributed by atoms with Gasteiger partial charge in [-0.3, -0.25) is 19.8 Å². The van der Waals surface area contributed by atoms with E-state index in [0.29, 0.717) is 0 Å². The number of aryl methyl sites for hydroxylation is 1. The van der Waals surface area contributed by atoms with E-state index >= 15 is 0 Å². The van der Waals surface area contributed by atoms with Gasteiger partial charge in [-0.05, 0) is 41.9 Å². The zero-order valence-electron chi connectivity index (χ0n) is 14.4. The fourth-order valence-electron chi connectivity index (χ4n) is 2.84. The van der Waals surface area contributed by atoms with Crippen molar-refractivity contribution >= 4 is 35.2 Å². The second kappa shape index (κ2) is 7.45. The van der Waals surface area contributed by atoms with Gasteiger partial charge in [-0.25, -0.2) is 0 Å². The van der Waals surface area contributed by atoms with Crippen molar-refractivity contribution in [2.24, 2.45) is 0 Å². The molecule has 0 aromatic heterocycles. The summed E-state index contributed by atoms with van der Waals surface area (Å²) in [5.74, 6) is -0.906. The number of amides is 2. The van der Waals surface area contributed by atoms with Crippen LogP contribution in [0.4, 0.5) is 0 Å². The van der Waals surface area contributed by atoms with Crippen LogP contribution in [0.5, 0.6) is 0 Å². The third-order valence-corrected chi connectivity index (χ3v) is 4.41. The van der Waals surface area contributed by atoms with Gasteiger partial charge in [-0.15, -0.1) is 6.58 Å². The lowest BCUT2D eigenvalue weighted by Gasteiger charge is -2.27. The Bertz CT molecular complexity index is 947. The molecule has 1 N–H and O–H groups in total. The molecule has 0 spiro atoms. The van der Waals surface area contributed by atoms with Gasteiger partial charge in [-0.1, -0.05) is 60.2 Å². The number of hydrogen-bond donors (Lipinski definition) is 1. The molecule has 2 aromatic carbocycles. The van der Waals surface area contributed by atoms with Crippen molar-refractivity contribution in [2.75, 3.05) is 6.54 Å². The van der Waals surface area contributed by atoms with Gasteiger partial charge in [0.25, 0.3) is 11.8 Å². The van der Waals surface area contributed by atoms with E-state index in [1.165, 1.54) is 4.90 Å². The minimum Gasteiger partial charge on any atom is -0.298 e. The summed E-state index contributed by atoms with van der Waals surface area (Å²) in [4.78, 5) is 26.4. The molecule has 0 bridgehead atoms. The Labute approximate surface area is 157 Å². The van der Waals surface area contributed by atoms with Gasteiger partial charge in [-0.2, -0.15) is 0 Å². The van der Waals surface area contributed by atoms with Crippen molar-refractivity contribution in [3.63, 3.8) is 0 Å². The second-order valence-electron chi connectivity index (χ2n) is 5.98. The number of nitrogens with one attached hydrogen (secondary N) is 1. The largest absolute Gasteiger partial charge is 0.298 e. The second-order valence-corrected chi connectivity index (χ2v) is 6.37. The van der Waals surface area contributed by atoms with Crippen LogP contribution in [0.3, 0.4) is 0 Å². The molecule has 0 saturated carbocycles. The molecule has 0 radical (unpaired) electrons. The first-order valence-corrected chi connectivity index (χ1v) is 8.58. The summed E-state index contributed by atoms with van der Waals surface area (Å²) in [5.41, 5.74) is 3.97. The van der Waals surface area contributed by atoms with Gasteiger partial charge in [0.05, 0.1) is 0 Å². The summed E-state index contributed by atoms with van der Waals surface area (Å²) < 4.78 is 0. The molecule has 0 unspecified atom stereocenters. The molecule has 1 heterocycles. The highest BCUT2D eigenvalue weighted by molar-refractivity contribution is 7.80. The van der Waals surface area contributed by atoms with E-state index in [1.54, 1.807) is 12.2 Å². The zero-order valence-corrected chi connectivity index (χ0v) is 15.2. The molecule has 0 aliphatic carbocycles. The number of hydrogen-bond acceptors (Lipinski definition) is 3. The van der Waals surface area contributed by atoms with E-state index in [-0.39, 0.29) is 17.2 Å². The molecular formula is C21H18N2O2S. The van der Waals surface area contributed by atoms with Gasteiger partial charge in [0.2, 0.25) is 0 Å². The fourth-order valence-corrected chi connectivity index (χ4v) is 3.09. The topological polar surface area (TPSA) is 49.4 Å². The normalized spacial score (nSPS) is 16.0. The van der Waals surface area contributed by atoms with Crippen molar-refractivity contribution in [1.29, 1.82) is 0 Å². The van der Waals surface area contributed by atoms with E-state index in [0.717, 1.165) is 22.3 Å². The molecule has 5 heteroatoms. The molecule has 0 atom stereocenters. The van der Waals surface area contributed by atoms with Crippen molar-refractivity contribution in [2.45, 2.75) is 6.92 Å². The summed E-state index contributed by atoms with van der Waals surface area (Å²) in [6.07, 6.45) is 3.19. The number of thiocarbonyl (C=S) groups is 1. The molecule has 2 amide bonds. The van der Waals surface area contributed by atoms with E-state index in [2.05, 4.69) is 18.0 Å². The third kappa shape index (κ3) is 3.48. The molecular weight excluding hydrogens is 344 g/mol. The Kier molecular flexibility index (Phi) is 5.09. The van der Waals surface area contributed by atoms with E-state index in [9.17, 15) is 9.59 Å². The predicted octanol–water partition coefficient (Wildman–Crippen LogP) is 3.47. The van der Waals surface area contributed by atoms with Crippen LogP contribution in [-0.2, 0) is 9.59 Å². The molecule has 4 nitrogen and oxygen atoms in total. The minimum absolute atomic E-state index is 0.0561. The molecule has 2 aromatic rings. The number of carbonyl (C=O) groups is 2. The predicted molar refractivity (Wildman–Crippen MR) is 107 cm³/mol. The first-order valence-electron chi connectivity index (χ1n) is 8.17. The van der Waals surface area contributed by atoms with Gasteiger partial charge in [0.1, 0.15) is 5.57 Å². The molecule has 1 aliphatic rings. The number of nitrogens with zero attached hydrogens (tertiary/aromatic N) is 1. The quantitative estimate of drug-likeness (QED) is 0.392. The Morgan fingerprint density at radius 1 is 1.15 bits per heavy atom. The van der Waals surface area contributed by atoms with Crippen LogP contribution in [-0.4, -0.2) is 28.4 Å². The van der Waals surface area contributed by atoms with Crippen LogP contribution >= 0.6 is 12.2 Å². The SMILES string of the molecule is C=CCN1C(=O)C(=Cc2ccccc2-c2cccc(C)c2)C(=O)NC1=S. The fraction of sp³-hybridized carbons (Fsp3) is 0.0952. The maximum absolute atomic E-state index is 12.7. The monoisotopic (exact) mass is 362 g/mol. The van der Waals surface area contributed by atoms with Crippen LogP contribution in [0, 0.1) is 6.92 Å². The zero-order chi connectivity index (χ0) is 18.7. The number of carbonyl (C=O) groups excluding carboxylic acids is 2. The minimum atomic E-state index is -0.487. The number of rotatable bonds is 4. The van der Waals surface area contributed by atoms with Gasteiger partial charge in [0, 0.05) is 6.54 Å². The average Bonchev–Trinajstić information content (AvgIpc) is 2.62. The van der Waals surface area contributed by atoms with Crippen molar-refractivity contribution < 1.29 is 9.59 Å². The van der Waals surface area contributed by atoms with E-state index in [1.807, 2.05) is 49.4 Å². The van der Waals surface area contributed by atoms with Crippen molar-refractivity contribution in [1.82, 2.24) is 10.2 Å². The summed E-state index contributed by atoms with van der Waals surface area (Å²) in [7, 11) is 0. The first kappa shape index (κ1) is 17.8. The smallest absolute Gasteiger partial charge is 0.265 e. The van der Waals surface area contributed by atoms with Gasteiger partial charge in [0.15, 0.2) is 5.11 Å². The summed E-state index contributed by atoms with van der Waals surface area (Å²) in [5, 5.41) is 2.67. The van der Waals surface area contributed by atoms with Crippen LogP contribution in [0.2, 0.25) is 0 Å². The molecule has 1 saturated heterocycles. The molecule has 1 fully saturated rings. The Balaban J connectivity index is 2.07. The van der Waals surface area contributed by atoms with Crippen molar-refractivity contribution in [3.05, 3.63) is 77.9 Å². The summed E-state index contributed by atoms with van der Waals surface area (Å²) in [6, 6.07) is 15.7. The molecule has 1 aliphatic heterocycles. The lowest BCUT2D eigenvalue weighted by Crippen LogP contribution is -2.53.